The van der Waals surface area contributed by atoms with Crippen molar-refractivity contribution in [3.8, 4) is 17.7 Å². The van der Waals surface area contributed by atoms with Gasteiger partial charge < -0.3 is 14.8 Å². The number of hydrogen-bond donors (Lipinski definition) is 1. The second-order valence-corrected chi connectivity index (χ2v) is 9.38. The zero-order valence-electron chi connectivity index (χ0n) is 21.7. The molecule has 38 heavy (non-hydrogen) atoms. The highest BCUT2D eigenvalue weighted by atomic mass is 19.4. The molecule has 0 unspecified atom stereocenters. The summed E-state index contributed by atoms with van der Waals surface area (Å²) in [7, 11) is 0. The first kappa shape index (κ1) is 28.5. The number of nitrogens with zero attached hydrogens (tertiary/aromatic N) is 2. The molecule has 3 rings (SSSR count). The zero-order valence-corrected chi connectivity index (χ0v) is 21.7. The number of ether oxygens (including phenoxy) is 2. The second kappa shape index (κ2) is 12.0. The van der Waals surface area contributed by atoms with E-state index in [0.29, 0.717) is 24.8 Å². The van der Waals surface area contributed by atoms with Crippen molar-refractivity contribution in [2.45, 2.75) is 57.9 Å². The van der Waals surface area contributed by atoms with E-state index in [4.69, 9.17) is 9.47 Å². The van der Waals surface area contributed by atoms with E-state index in [9.17, 15) is 23.2 Å². The molecule has 1 N–H and O–H groups in total. The van der Waals surface area contributed by atoms with Crippen molar-refractivity contribution in [2.24, 2.45) is 0 Å². The van der Waals surface area contributed by atoms with E-state index in [1.807, 2.05) is 44.2 Å². The molecule has 3 aromatic rings. The Hall–Kier alpha value is -4.06. The Balaban J connectivity index is 1.79. The number of benzene rings is 2. The summed E-state index contributed by atoms with van der Waals surface area (Å²) in [6.45, 7) is 7.38. The zero-order chi connectivity index (χ0) is 27.9. The normalized spacial score (nSPS) is 13.2. The van der Waals surface area contributed by atoms with Gasteiger partial charge in [-0.05, 0) is 75.6 Å². The van der Waals surface area contributed by atoms with Crippen LogP contribution in [-0.4, -0.2) is 29.1 Å². The van der Waals surface area contributed by atoms with Crippen molar-refractivity contribution in [3.63, 3.8) is 0 Å². The Morgan fingerprint density at radius 1 is 1.11 bits per heavy atom. The summed E-state index contributed by atoms with van der Waals surface area (Å²) in [6, 6.07) is 18.6. The first-order chi connectivity index (χ1) is 17.9. The average molecular weight is 526 g/mol. The lowest BCUT2D eigenvalue weighted by molar-refractivity contribution is -0.138. The number of carbonyl (C=O) groups excluding carboxylic acids is 1. The quantitative estimate of drug-likeness (QED) is 0.348. The Bertz CT molecular complexity index is 1270. The van der Waals surface area contributed by atoms with Gasteiger partial charge >= 0.3 is 6.18 Å². The summed E-state index contributed by atoms with van der Waals surface area (Å²) in [6.07, 6.45) is -3.28. The fraction of sp³-hybridized carbons (Fsp3) is 0.345. The Labute approximate surface area is 220 Å². The highest BCUT2D eigenvalue weighted by Gasteiger charge is 2.34. The SMILES string of the molecule is CCOc1ccc(C[C@@H](c2cccc(C#N)c2)[C@H](C)NC(=O)C(C)(C)Oc2ccc(C(F)(F)F)cn2)cc1. The van der Waals surface area contributed by atoms with E-state index in [1.165, 1.54) is 13.8 Å². The van der Waals surface area contributed by atoms with Gasteiger partial charge in [0.25, 0.3) is 5.91 Å². The van der Waals surface area contributed by atoms with Gasteiger partial charge in [0.2, 0.25) is 5.88 Å². The van der Waals surface area contributed by atoms with Gasteiger partial charge in [-0.15, -0.1) is 0 Å². The lowest BCUT2D eigenvalue weighted by Crippen LogP contribution is -2.51. The van der Waals surface area contributed by atoms with E-state index < -0.39 is 23.2 Å². The fourth-order valence-corrected chi connectivity index (χ4v) is 3.96. The van der Waals surface area contributed by atoms with Gasteiger partial charge in [0, 0.05) is 24.2 Å². The molecule has 0 bridgehead atoms. The minimum atomic E-state index is -4.52. The van der Waals surface area contributed by atoms with Gasteiger partial charge in [-0.2, -0.15) is 18.4 Å². The molecule has 0 spiro atoms. The van der Waals surface area contributed by atoms with E-state index in [0.717, 1.165) is 29.0 Å². The molecule has 200 valence electrons. The molecule has 2 atom stereocenters. The smallest absolute Gasteiger partial charge is 0.417 e. The van der Waals surface area contributed by atoms with Crippen molar-refractivity contribution in [2.75, 3.05) is 6.61 Å². The number of rotatable bonds is 10. The van der Waals surface area contributed by atoms with Crippen molar-refractivity contribution >= 4 is 5.91 Å². The molecule has 0 saturated carbocycles. The summed E-state index contributed by atoms with van der Waals surface area (Å²) in [5.74, 6) is 0.0138. The van der Waals surface area contributed by atoms with Crippen LogP contribution in [0.1, 0.15) is 55.9 Å². The number of halogens is 3. The summed E-state index contributed by atoms with van der Waals surface area (Å²) in [5, 5.41) is 12.4. The van der Waals surface area contributed by atoms with Crippen molar-refractivity contribution in [1.82, 2.24) is 10.3 Å². The molecule has 0 aliphatic heterocycles. The molecule has 6 nitrogen and oxygen atoms in total. The number of aromatic nitrogens is 1. The second-order valence-electron chi connectivity index (χ2n) is 9.38. The fourth-order valence-electron chi connectivity index (χ4n) is 3.96. The third-order valence-electron chi connectivity index (χ3n) is 6.07. The third-order valence-corrected chi connectivity index (χ3v) is 6.07. The lowest BCUT2D eigenvalue weighted by Gasteiger charge is -2.30. The maximum atomic E-state index is 13.2. The predicted molar refractivity (Wildman–Crippen MR) is 137 cm³/mol. The van der Waals surface area contributed by atoms with Crippen molar-refractivity contribution < 1.29 is 27.4 Å². The summed E-state index contributed by atoms with van der Waals surface area (Å²) in [5.41, 5.74) is 0.0895. The van der Waals surface area contributed by atoms with Crippen LogP contribution in [0.5, 0.6) is 11.6 Å². The average Bonchev–Trinajstić information content (AvgIpc) is 2.88. The maximum Gasteiger partial charge on any atom is 0.417 e. The number of hydrogen-bond acceptors (Lipinski definition) is 5. The topological polar surface area (TPSA) is 84.2 Å². The molecule has 0 fully saturated rings. The number of nitriles is 1. The van der Waals surface area contributed by atoms with Crippen LogP contribution < -0.4 is 14.8 Å². The summed E-state index contributed by atoms with van der Waals surface area (Å²) in [4.78, 5) is 16.9. The molecule has 1 aromatic heterocycles. The summed E-state index contributed by atoms with van der Waals surface area (Å²) >= 11 is 0. The van der Waals surface area contributed by atoms with Gasteiger partial charge in [-0.25, -0.2) is 4.98 Å². The van der Waals surface area contributed by atoms with Crippen LogP contribution >= 0.6 is 0 Å². The predicted octanol–water partition coefficient (Wildman–Crippen LogP) is 6.06. The number of amides is 1. The van der Waals surface area contributed by atoms with Crippen LogP contribution in [0.2, 0.25) is 0 Å². The molecule has 1 amide bonds. The first-order valence-corrected chi connectivity index (χ1v) is 12.2. The Kier molecular flexibility index (Phi) is 9.00. The van der Waals surface area contributed by atoms with Crippen molar-refractivity contribution in [3.05, 3.63) is 89.1 Å². The van der Waals surface area contributed by atoms with Gasteiger partial charge in [-0.1, -0.05) is 24.3 Å². The molecule has 0 aliphatic rings. The molecule has 0 radical (unpaired) electrons. The largest absolute Gasteiger partial charge is 0.494 e. The van der Waals surface area contributed by atoms with E-state index in [1.54, 1.807) is 18.2 Å². The minimum absolute atomic E-state index is 0.0986. The van der Waals surface area contributed by atoms with Crippen LogP contribution in [0.4, 0.5) is 13.2 Å². The minimum Gasteiger partial charge on any atom is -0.494 e. The lowest BCUT2D eigenvalue weighted by atomic mass is 9.85. The standard InChI is InChI=1S/C29H30F3N3O3/c1-5-37-24-12-9-20(10-13-24)16-25(22-8-6-7-21(15-22)17-33)19(2)35-27(36)28(3,4)38-26-14-11-23(18-34-26)29(30,31)32/h6-15,18-19,25H,5,16H2,1-4H3,(H,35,36)/t19-,25+/m0/s1. The monoisotopic (exact) mass is 525 g/mol. The van der Waals surface area contributed by atoms with Crippen LogP contribution in [0.25, 0.3) is 0 Å². The Morgan fingerprint density at radius 3 is 2.39 bits per heavy atom. The van der Waals surface area contributed by atoms with Gasteiger partial charge in [-0.3, -0.25) is 4.79 Å². The van der Waals surface area contributed by atoms with Gasteiger partial charge in [0.1, 0.15) is 5.75 Å². The van der Waals surface area contributed by atoms with E-state index in [2.05, 4.69) is 16.4 Å². The molecule has 9 heteroatoms. The van der Waals surface area contributed by atoms with Crippen LogP contribution in [0.15, 0.2) is 66.9 Å². The summed E-state index contributed by atoms with van der Waals surface area (Å²) < 4.78 is 49.7. The number of alkyl halides is 3. The Morgan fingerprint density at radius 2 is 1.82 bits per heavy atom. The van der Waals surface area contributed by atoms with Crippen LogP contribution in [0, 0.1) is 11.3 Å². The van der Waals surface area contributed by atoms with E-state index >= 15 is 0 Å². The van der Waals surface area contributed by atoms with E-state index in [-0.39, 0.29) is 17.8 Å². The number of pyridine rings is 1. The molecule has 0 saturated heterocycles. The van der Waals surface area contributed by atoms with Gasteiger partial charge in [0.05, 0.1) is 23.8 Å². The number of nitrogens with one attached hydrogen (secondary N) is 1. The molecule has 2 aromatic carbocycles. The molecular weight excluding hydrogens is 495 g/mol. The number of carbonyl (C=O) groups is 1. The third kappa shape index (κ3) is 7.48. The van der Waals surface area contributed by atoms with Crippen molar-refractivity contribution in [1.29, 1.82) is 5.26 Å². The molecular formula is C29H30F3N3O3. The van der Waals surface area contributed by atoms with Crippen LogP contribution in [-0.2, 0) is 17.4 Å². The van der Waals surface area contributed by atoms with Gasteiger partial charge in [0.15, 0.2) is 5.60 Å². The molecule has 1 heterocycles. The highest BCUT2D eigenvalue weighted by Crippen LogP contribution is 2.30. The first-order valence-electron chi connectivity index (χ1n) is 12.2. The maximum absolute atomic E-state index is 13.2. The highest BCUT2D eigenvalue weighted by molar-refractivity contribution is 5.85. The van der Waals surface area contributed by atoms with Crippen LogP contribution in [0.3, 0.4) is 0 Å². The molecule has 0 aliphatic carbocycles.